The van der Waals surface area contributed by atoms with Crippen molar-refractivity contribution in [3.05, 3.63) is 29.6 Å². The second kappa shape index (κ2) is 3.96. The highest BCUT2D eigenvalue weighted by molar-refractivity contribution is 5.21. The van der Waals surface area contributed by atoms with E-state index < -0.39 is 0 Å². The molecule has 3 nitrogen and oxygen atoms in total. The SMILES string of the molecule is Cn1ccc(C(N)C2=CCCCC2)n1. The second-order valence-corrected chi connectivity index (χ2v) is 3.92. The molecule has 1 unspecified atom stereocenters. The first-order valence-corrected chi connectivity index (χ1v) is 5.21. The zero-order chi connectivity index (χ0) is 9.97. The third-order valence-electron chi connectivity index (χ3n) is 2.78. The predicted molar refractivity (Wildman–Crippen MR) is 56.7 cm³/mol. The summed E-state index contributed by atoms with van der Waals surface area (Å²) in [6, 6.07) is 2.01. The van der Waals surface area contributed by atoms with Crippen molar-refractivity contribution in [1.82, 2.24) is 9.78 Å². The van der Waals surface area contributed by atoms with E-state index in [1.807, 2.05) is 19.3 Å². The van der Waals surface area contributed by atoms with E-state index in [1.54, 1.807) is 4.68 Å². The van der Waals surface area contributed by atoms with Crippen molar-refractivity contribution >= 4 is 0 Å². The lowest BCUT2D eigenvalue weighted by Gasteiger charge is -2.17. The zero-order valence-electron chi connectivity index (χ0n) is 8.61. The van der Waals surface area contributed by atoms with Gasteiger partial charge in [0.1, 0.15) is 0 Å². The van der Waals surface area contributed by atoms with Gasteiger partial charge in [-0.05, 0) is 31.7 Å². The lowest BCUT2D eigenvalue weighted by Crippen LogP contribution is -2.15. The number of hydrogen-bond acceptors (Lipinski definition) is 2. The van der Waals surface area contributed by atoms with E-state index in [-0.39, 0.29) is 6.04 Å². The molecular formula is C11H17N3. The van der Waals surface area contributed by atoms with Crippen LogP contribution in [0.2, 0.25) is 0 Å². The van der Waals surface area contributed by atoms with Gasteiger partial charge in [-0.3, -0.25) is 4.68 Å². The van der Waals surface area contributed by atoms with Crippen molar-refractivity contribution in [2.45, 2.75) is 31.7 Å². The van der Waals surface area contributed by atoms with Crippen LogP contribution in [-0.2, 0) is 7.05 Å². The van der Waals surface area contributed by atoms with Gasteiger partial charge in [0, 0.05) is 13.2 Å². The van der Waals surface area contributed by atoms with Gasteiger partial charge in [0.2, 0.25) is 0 Å². The van der Waals surface area contributed by atoms with Crippen molar-refractivity contribution in [3.8, 4) is 0 Å². The lowest BCUT2D eigenvalue weighted by molar-refractivity contribution is 0.630. The fourth-order valence-electron chi connectivity index (χ4n) is 1.93. The fraction of sp³-hybridized carbons (Fsp3) is 0.545. The number of nitrogens with two attached hydrogens (primary N) is 1. The van der Waals surface area contributed by atoms with Crippen LogP contribution in [-0.4, -0.2) is 9.78 Å². The van der Waals surface area contributed by atoms with Crippen molar-refractivity contribution in [3.63, 3.8) is 0 Å². The second-order valence-electron chi connectivity index (χ2n) is 3.92. The summed E-state index contributed by atoms with van der Waals surface area (Å²) in [5.74, 6) is 0. The Bertz CT molecular complexity index is 338. The Labute approximate surface area is 84.6 Å². The average molecular weight is 191 g/mol. The average Bonchev–Trinajstić information content (AvgIpc) is 2.65. The Balaban J connectivity index is 2.14. The summed E-state index contributed by atoms with van der Waals surface area (Å²) in [5, 5.41) is 4.34. The Morgan fingerprint density at radius 3 is 2.93 bits per heavy atom. The van der Waals surface area contributed by atoms with Gasteiger partial charge < -0.3 is 5.73 Å². The topological polar surface area (TPSA) is 43.8 Å². The minimum atomic E-state index is 0.0106. The van der Waals surface area contributed by atoms with Gasteiger partial charge in [0.25, 0.3) is 0 Å². The number of hydrogen-bond donors (Lipinski definition) is 1. The van der Waals surface area contributed by atoms with Gasteiger partial charge in [-0.2, -0.15) is 5.10 Å². The van der Waals surface area contributed by atoms with Crippen LogP contribution in [0.1, 0.15) is 37.4 Å². The molecule has 0 amide bonds. The van der Waals surface area contributed by atoms with Gasteiger partial charge in [-0.15, -0.1) is 0 Å². The maximum absolute atomic E-state index is 6.14. The van der Waals surface area contributed by atoms with E-state index in [2.05, 4.69) is 11.2 Å². The van der Waals surface area contributed by atoms with Crippen LogP contribution in [0.15, 0.2) is 23.9 Å². The number of rotatable bonds is 2. The van der Waals surface area contributed by atoms with Gasteiger partial charge in [0.05, 0.1) is 11.7 Å². The smallest absolute Gasteiger partial charge is 0.0833 e. The Morgan fingerprint density at radius 1 is 1.50 bits per heavy atom. The molecule has 76 valence electrons. The third kappa shape index (κ3) is 1.87. The van der Waals surface area contributed by atoms with Crippen LogP contribution in [0.25, 0.3) is 0 Å². The van der Waals surface area contributed by atoms with E-state index in [0.717, 1.165) is 12.1 Å². The van der Waals surface area contributed by atoms with Crippen molar-refractivity contribution in [2.24, 2.45) is 12.8 Å². The van der Waals surface area contributed by atoms with Gasteiger partial charge >= 0.3 is 0 Å². The molecule has 14 heavy (non-hydrogen) atoms. The molecule has 0 fully saturated rings. The molecular weight excluding hydrogens is 174 g/mol. The first-order chi connectivity index (χ1) is 6.77. The standard InChI is InChI=1S/C11H17N3/c1-14-8-7-10(13-14)11(12)9-5-3-2-4-6-9/h5,7-8,11H,2-4,6,12H2,1H3. The van der Waals surface area contributed by atoms with E-state index in [9.17, 15) is 0 Å². The number of allylic oxidation sites excluding steroid dienone is 1. The lowest BCUT2D eigenvalue weighted by atomic mass is 9.93. The number of nitrogens with zero attached hydrogens (tertiary/aromatic N) is 2. The summed E-state index contributed by atoms with van der Waals surface area (Å²) in [7, 11) is 1.92. The summed E-state index contributed by atoms with van der Waals surface area (Å²) >= 11 is 0. The molecule has 1 aromatic heterocycles. The zero-order valence-corrected chi connectivity index (χ0v) is 8.61. The van der Waals surface area contributed by atoms with Gasteiger partial charge in [0.15, 0.2) is 0 Å². The molecule has 1 atom stereocenters. The summed E-state index contributed by atoms with van der Waals surface area (Å²) in [4.78, 5) is 0. The molecule has 0 saturated carbocycles. The highest BCUT2D eigenvalue weighted by atomic mass is 15.3. The third-order valence-corrected chi connectivity index (χ3v) is 2.78. The van der Waals surface area contributed by atoms with Crippen LogP contribution < -0.4 is 5.73 Å². The highest BCUT2D eigenvalue weighted by Crippen LogP contribution is 2.26. The van der Waals surface area contributed by atoms with Crippen molar-refractivity contribution in [1.29, 1.82) is 0 Å². The molecule has 3 heteroatoms. The minimum Gasteiger partial charge on any atom is -0.319 e. The molecule has 0 aliphatic heterocycles. The summed E-state index contributed by atoms with van der Waals surface area (Å²) in [6.45, 7) is 0. The van der Waals surface area contributed by atoms with Crippen LogP contribution in [0.5, 0.6) is 0 Å². The maximum atomic E-state index is 6.14. The monoisotopic (exact) mass is 191 g/mol. The summed E-state index contributed by atoms with van der Waals surface area (Å²) < 4.78 is 1.80. The number of aryl methyl sites for hydroxylation is 1. The maximum Gasteiger partial charge on any atom is 0.0833 e. The highest BCUT2D eigenvalue weighted by Gasteiger charge is 2.15. The van der Waals surface area contributed by atoms with Crippen LogP contribution in [0.3, 0.4) is 0 Å². The molecule has 2 N–H and O–H groups in total. The predicted octanol–water partition coefficient (Wildman–Crippen LogP) is 1.92. The molecule has 0 saturated heterocycles. The number of aromatic nitrogens is 2. The van der Waals surface area contributed by atoms with E-state index >= 15 is 0 Å². The molecule has 1 aromatic rings. The van der Waals surface area contributed by atoms with Crippen LogP contribution >= 0.6 is 0 Å². The first-order valence-electron chi connectivity index (χ1n) is 5.21. The van der Waals surface area contributed by atoms with Crippen molar-refractivity contribution < 1.29 is 0 Å². The molecule has 0 bridgehead atoms. The largest absolute Gasteiger partial charge is 0.319 e. The summed E-state index contributed by atoms with van der Waals surface area (Å²) in [5.41, 5.74) is 8.48. The first kappa shape index (κ1) is 9.46. The van der Waals surface area contributed by atoms with E-state index in [0.29, 0.717) is 0 Å². The molecule has 0 radical (unpaired) electrons. The summed E-state index contributed by atoms with van der Waals surface area (Å²) in [6.07, 6.45) is 9.11. The minimum absolute atomic E-state index is 0.0106. The van der Waals surface area contributed by atoms with Crippen LogP contribution in [0.4, 0.5) is 0 Å². The Kier molecular flexibility index (Phi) is 2.68. The molecule has 0 spiro atoms. The molecule has 0 aromatic carbocycles. The van der Waals surface area contributed by atoms with Crippen molar-refractivity contribution in [2.75, 3.05) is 0 Å². The Morgan fingerprint density at radius 2 is 2.36 bits per heavy atom. The normalized spacial score (nSPS) is 19.1. The van der Waals surface area contributed by atoms with E-state index in [4.69, 9.17) is 5.73 Å². The van der Waals surface area contributed by atoms with Gasteiger partial charge in [-0.25, -0.2) is 0 Å². The van der Waals surface area contributed by atoms with Gasteiger partial charge in [-0.1, -0.05) is 11.6 Å². The fourth-order valence-corrected chi connectivity index (χ4v) is 1.93. The molecule has 1 aliphatic carbocycles. The van der Waals surface area contributed by atoms with E-state index in [1.165, 1.54) is 24.8 Å². The molecule has 1 heterocycles. The van der Waals surface area contributed by atoms with Crippen LogP contribution in [0, 0.1) is 0 Å². The molecule has 2 rings (SSSR count). The molecule has 1 aliphatic rings. The Hall–Kier alpha value is -1.09. The quantitative estimate of drug-likeness (QED) is 0.726.